The number of imidazole rings is 1. The monoisotopic (exact) mass is 390 g/mol. The molecular weight excluding hydrogens is 364 g/mol. The Morgan fingerprint density at radius 2 is 2.07 bits per heavy atom. The predicted molar refractivity (Wildman–Crippen MR) is 98.6 cm³/mol. The molecule has 1 aliphatic carbocycles. The first kappa shape index (κ1) is 20.1. The molecule has 4 atom stereocenters. The summed E-state index contributed by atoms with van der Waals surface area (Å²) in [5.41, 5.74) is 0.397. The minimum atomic E-state index is -0.395. The fraction of sp³-hybridized carbons (Fsp3) is 0.579. The third-order valence-corrected chi connectivity index (χ3v) is 5.58. The summed E-state index contributed by atoms with van der Waals surface area (Å²) in [5.74, 6) is 1.45. The van der Waals surface area contributed by atoms with Crippen molar-refractivity contribution < 1.29 is 24.3 Å². The van der Waals surface area contributed by atoms with Crippen LogP contribution < -0.4 is 0 Å². The van der Waals surface area contributed by atoms with Gasteiger partial charge in [0.2, 0.25) is 0 Å². The van der Waals surface area contributed by atoms with Gasteiger partial charge in [-0.1, -0.05) is 12.1 Å². The number of amides is 1. The van der Waals surface area contributed by atoms with Crippen molar-refractivity contribution in [2.45, 2.75) is 44.8 Å². The lowest BCUT2D eigenvalue weighted by Gasteiger charge is -2.35. The predicted octanol–water partition coefficient (Wildman–Crippen LogP) is 1.61. The van der Waals surface area contributed by atoms with Crippen molar-refractivity contribution in [3.05, 3.63) is 36.2 Å². The van der Waals surface area contributed by atoms with Crippen LogP contribution >= 0.6 is 0 Å². The first-order valence-electron chi connectivity index (χ1n) is 9.55. The summed E-state index contributed by atoms with van der Waals surface area (Å²) in [6.07, 6.45) is 8.35. The molecule has 1 aliphatic heterocycles. The largest absolute Gasteiger partial charge is 0.483 e. The van der Waals surface area contributed by atoms with Gasteiger partial charge in [-0.2, -0.15) is 0 Å². The molecule has 4 rings (SSSR count). The van der Waals surface area contributed by atoms with Gasteiger partial charge in [0, 0.05) is 38.0 Å². The summed E-state index contributed by atoms with van der Waals surface area (Å²) < 4.78 is 7.23. The summed E-state index contributed by atoms with van der Waals surface area (Å²) in [5, 5.41) is 21.3. The Morgan fingerprint density at radius 3 is 2.71 bits per heavy atom. The van der Waals surface area contributed by atoms with Crippen molar-refractivity contribution in [2.24, 2.45) is 11.8 Å². The minimum Gasteiger partial charge on any atom is -0.483 e. The molecule has 2 aromatic heterocycles. The van der Waals surface area contributed by atoms with Crippen LogP contribution in [0.15, 0.2) is 29.3 Å². The van der Waals surface area contributed by atoms with Crippen LogP contribution in [0.2, 0.25) is 0 Å². The standard InChI is InChI=1S/C18H24N4O3.CH2O2/c1-2-3-14-8-15(20-25-14)18(24)22-9-12-6-16(21-5-4-19-11-21)17(23)7-13(12)10-22;2-1-3/h4-5,8,11-13,16-17,23H,2-3,6-7,9-10H2,1H3;1H,(H,2,3)/t12-,13+,16-,17-;/m1./s1. The molecule has 28 heavy (non-hydrogen) atoms. The van der Waals surface area contributed by atoms with Crippen LogP contribution in [-0.4, -0.2) is 61.4 Å². The van der Waals surface area contributed by atoms with Gasteiger partial charge in [-0.25, -0.2) is 4.98 Å². The van der Waals surface area contributed by atoms with Crippen molar-refractivity contribution in [3.63, 3.8) is 0 Å². The smallest absolute Gasteiger partial charge is 0.290 e. The zero-order chi connectivity index (χ0) is 20.1. The highest BCUT2D eigenvalue weighted by molar-refractivity contribution is 5.92. The van der Waals surface area contributed by atoms with E-state index < -0.39 is 6.10 Å². The number of aliphatic hydroxyl groups is 1. The number of carboxylic acid groups (broad SMARTS) is 1. The Kier molecular flexibility index (Phi) is 6.45. The van der Waals surface area contributed by atoms with Gasteiger partial charge < -0.3 is 24.2 Å². The fourth-order valence-corrected chi connectivity index (χ4v) is 4.30. The molecule has 2 N–H and O–H groups in total. The summed E-state index contributed by atoms with van der Waals surface area (Å²) >= 11 is 0. The molecule has 0 spiro atoms. The van der Waals surface area contributed by atoms with E-state index in [0.29, 0.717) is 24.1 Å². The molecule has 1 saturated carbocycles. The van der Waals surface area contributed by atoms with Crippen molar-refractivity contribution in [2.75, 3.05) is 13.1 Å². The Bertz CT molecular complexity index is 775. The van der Waals surface area contributed by atoms with Gasteiger partial charge in [-0.05, 0) is 31.1 Å². The van der Waals surface area contributed by atoms with Gasteiger partial charge >= 0.3 is 0 Å². The molecule has 0 radical (unpaired) electrons. The van der Waals surface area contributed by atoms with Gasteiger partial charge in [0.25, 0.3) is 12.4 Å². The van der Waals surface area contributed by atoms with E-state index in [0.717, 1.165) is 38.0 Å². The van der Waals surface area contributed by atoms with E-state index in [1.807, 2.05) is 15.7 Å². The third-order valence-electron chi connectivity index (χ3n) is 5.58. The van der Waals surface area contributed by atoms with Crippen LogP contribution in [0, 0.1) is 11.8 Å². The van der Waals surface area contributed by atoms with Gasteiger partial charge in [-0.3, -0.25) is 9.59 Å². The lowest BCUT2D eigenvalue weighted by Crippen LogP contribution is -2.35. The molecule has 0 aromatic carbocycles. The molecule has 9 nitrogen and oxygen atoms in total. The van der Waals surface area contributed by atoms with Crippen LogP contribution in [-0.2, 0) is 11.2 Å². The molecule has 9 heteroatoms. The van der Waals surface area contributed by atoms with Crippen molar-refractivity contribution in [3.8, 4) is 0 Å². The Morgan fingerprint density at radius 1 is 1.36 bits per heavy atom. The maximum Gasteiger partial charge on any atom is 0.290 e. The average molecular weight is 390 g/mol. The lowest BCUT2D eigenvalue weighted by atomic mass is 9.77. The minimum absolute atomic E-state index is 0.0435. The number of aromatic nitrogens is 3. The zero-order valence-electron chi connectivity index (χ0n) is 15.8. The van der Waals surface area contributed by atoms with Gasteiger partial charge in [-0.15, -0.1) is 0 Å². The molecule has 3 heterocycles. The molecule has 2 fully saturated rings. The highest BCUT2D eigenvalue weighted by atomic mass is 16.5. The van der Waals surface area contributed by atoms with E-state index in [2.05, 4.69) is 17.1 Å². The molecule has 2 aromatic rings. The highest BCUT2D eigenvalue weighted by Crippen LogP contribution is 2.41. The number of hydrogen-bond donors (Lipinski definition) is 2. The SMILES string of the molecule is CCCc1cc(C(=O)N2C[C@H]3C[C@@H](n4ccnc4)[C@H](O)C[C@H]3C2)no1.O=CO. The number of aryl methyl sites for hydroxylation is 1. The van der Waals surface area contributed by atoms with Crippen molar-refractivity contribution >= 4 is 12.4 Å². The number of fused-ring (bicyclic) bond motifs is 1. The second-order valence-electron chi connectivity index (χ2n) is 7.38. The fourth-order valence-electron chi connectivity index (χ4n) is 4.30. The summed E-state index contributed by atoms with van der Waals surface area (Å²) in [6, 6.07) is 1.80. The van der Waals surface area contributed by atoms with Crippen LogP contribution in [0.5, 0.6) is 0 Å². The van der Waals surface area contributed by atoms with E-state index in [1.54, 1.807) is 18.6 Å². The number of aliphatic hydroxyl groups excluding tert-OH is 1. The molecule has 152 valence electrons. The molecule has 1 amide bonds. The van der Waals surface area contributed by atoms with E-state index in [1.165, 1.54) is 0 Å². The van der Waals surface area contributed by atoms with Crippen molar-refractivity contribution in [1.82, 2.24) is 19.6 Å². The maximum absolute atomic E-state index is 12.7. The van der Waals surface area contributed by atoms with Gasteiger partial charge in [0.1, 0.15) is 5.76 Å². The number of hydrogen-bond acceptors (Lipinski definition) is 6. The lowest BCUT2D eigenvalue weighted by molar-refractivity contribution is -0.122. The molecular formula is C19H26N4O5. The van der Waals surface area contributed by atoms with Crippen LogP contribution in [0.25, 0.3) is 0 Å². The van der Waals surface area contributed by atoms with E-state index in [4.69, 9.17) is 14.4 Å². The summed E-state index contributed by atoms with van der Waals surface area (Å²) in [6.45, 7) is 3.22. The van der Waals surface area contributed by atoms with Crippen LogP contribution in [0.1, 0.15) is 48.5 Å². The number of likely N-dealkylation sites (tertiary alicyclic amines) is 1. The van der Waals surface area contributed by atoms with Crippen LogP contribution in [0.3, 0.4) is 0 Å². The Hall–Kier alpha value is -2.68. The number of carbonyl (C=O) groups excluding carboxylic acids is 1. The summed E-state index contributed by atoms with van der Waals surface area (Å²) in [7, 11) is 0. The number of rotatable bonds is 4. The first-order chi connectivity index (χ1) is 13.6. The molecule has 0 unspecified atom stereocenters. The average Bonchev–Trinajstić information content (AvgIpc) is 3.41. The van der Waals surface area contributed by atoms with Crippen molar-refractivity contribution in [1.29, 1.82) is 0 Å². The molecule has 1 saturated heterocycles. The number of nitrogens with zero attached hydrogens (tertiary/aromatic N) is 4. The second-order valence-corrected chi connectivity index (χ2v) is 7.38. The van der Waals surface area contributed by atoms with E-state index >= 15 is 0 Å². The van der Waals surface area contributed by atoms with Crippen LogP contribution in [0.4, 0.5) is 0 Å². The molecule has 0 bridgehead atoms. The topological polar surface area (TPSA) is 122 Å². The Balaban J connectivity index is 0.000000706. The van der Waals surface area contributed by atoms with E-state index in [9.17, 15) is 9.90 Å². The highest BCUT2D eigenvalue weighted by Gasteiger charge is 2.43. The van der Waals surface area contributed by atoms with Gasteiger partial charge in [0.15, 0.2) is 5.69 Å². The first-order valence-corrected chi connectivity index (χ1v) is 9.55. The summed E-state index contributed by atoms with van der Waals surface area (Å²) in [4.78, 5) is 27.0. The third kappa shape index (κ3) is 4.24. The second kappa shape index (κ2) is 9.01. The Labute approximate surface area is 163 Å². The van der Waals surface area contributed by atoms with E-state index in [-0.39, 0.29) is 18.4 Å². The number of carbonyl (C=O) groups is 2. The normalized spacial score (nSPS) is 26.3. The maximum atomic E-state index is 12.7. The van der Waals surface area contributed by atoms with Gasteiger partial charge in [0.05, 0.1) is 18.5 Å². The molecule has 2 aliphatic rings. The quantitative estimate of drug-likeness (QED) is 0.761. The zero-order valence-corrected chi connectivity index (χ0v) is 15.8.